The molecule has 1 N–H and O–H groups in total. The summed E-state index contributed by atoms with van der Waals surface area (Å²) < 4.78 is 31.1. The lowest BCUT2D eigenvalue weighted by molar-refractivity contribution is -0.137. The van der Waals surface area contributed by atoms with Crippen LogP contribution in [0.2, 0.25) is 0 Å². The van der Waals surface area contributed by atoms with Crippen LogP contribution in [0.5, 0.6) is 11.5 Å². The van der Waals surface area contributed by atoms with Crippen molar-refractivity contribution in [2.24, 2.45) is 0 Å². The molecule has 2 atom stereocenters. The van der Waals surface area contributed by atoms with Gasteiger partial charge in [0.2, 0.25) is 0 Å². The highest BCUT2D eigenvalue weighted by atomic mass is 35.5. The van der Waals surface area contributed by atoms with Gasteiger partial charge in [-0.05, 0) is 42.8 Å². The minimum atomic E-state index is -0.804. The van der Waals surface area contributed by atoms with E-state index in [2.05, 4.69) is 4.90 Å². The molecule has 2 aromatic carbocycles. The number of carbonyl (C=O) groups is 1. The van der Waals surface area contributed by atoms with Gasteiger partial charge in [0, 0.05) is 57.4 Å². The van der Waals surface area contributed by atoms with Crippen LogP contribution in [0, 0.1) is 5.82 Å². The van der Waals surface area contributed by atoms with Crippen molar-refractivity contribution in [3.05, 3.63) is 48.3 Å². The van der Waals surface area contributed by atoms with Crippen LogP contribution in [0.3, 0.4) is 0 Å². The topological polar surface area (TPSA) is 71.5 Å². The maximum Gasteiger partial charge on any atom is 0.305 e. The number of hydrogen-bond donors (Lipinski definition) is 1. The number of hydrogen-bond acceptors (Lipinski definition) is 6. The Bertz CT molecular complexity index is 953. The second kappa shape index (κ2) is 11.6. The molecule has 0 bridgehead atoms. The number of piperidine rings is 1. The number of rotatable bonds is 8. The monoisotopic (exact) mass is 494 g/mol. The summed E-state index contributed by atoms with van der Waals surface area (Å²) in [5, 5.41) is 9.24. The first-order valence-corrected chi connectivity index (χ1v) is 11.3. The molecule has 34 heavy (non-hydrogen) atoms. The van der Waals surface area contributed by atoms with Crippen LogP contribution in [-0.2, 0) is 9.53 Å². The fourth-order valence-electron chi connectivity index (χ4n) is 4.74. The van der Waals surface area contributed by atoms with Gasteiger partial charge in [0.15, 0.2) is 0 Å². The highest BCUT2D eigenvalue weighted by Crippen LogP contribution is 2.32. The SMILES string of the molecule is COc1ccc(F)c(N2CCC(Oc3ccc(N4C[C@H](OC)C[C@@H]4CC(=O)O)cc3)CC2)c1.Cl. The second-order valence-electron chi connectivity index (χ2n) is 8.61. The molecule has 2 aromatic rings. The van der Waals surface area contributed by atoms with Crippen LogP contribution in [0.25, 0.3) is 0 Å². The predicted molar refractivity (Wildman–Crippen MR) is 131 cm³/mol. The Hall–Kier alpha value is -2.71. The van der Waals surface area contributed by atoms with Crippen LogP contribution in [0.1, 0.15) is 25.7 Å². The highest BCUT2D eigenvalue weighted by molar-refractivity contribution is 5.85. The summed E-state index contributed by atoms with van der Waals surface area (Å²) in [6, 6.07) is 12.5. The normalized spacial score (nSPS) is 20.7. The van der Waals surface area contributed by atoms with Crippen LogP contribution in [-0.4, -0.2) is 63.2 Å². The van der Waals surface area contributed by atoms with Crippen LogP contribution >= 0.6 is 12.4 Å². The van der Waals surface area contributed by atoms with Gasteiger partial charge in [-0.2, -0.15) is 0 Å². The van der Waals surface area contributed by atoms with Gasteiger partial charge in [-0.15, -0.1) is 12.4 Å². The fourth-order valence-corrected chi connectivity index (χ4v) is 4.74. The standard InChI is InChI=1S/C25H31FN2O5.ClH/c1-31-21-7-8-23(26)24(15-21)27-11-9-20(10-12-27)33-19-5-3-17(4-6-19)28-16-22(32-2)13-18(28)14-25(29)30;/h3-8,15,18,20,22H,9-14,16H2,1-2H3,(H,29,30);1H/t18-,22-;/m1./s1. The number of halogens is 2. The van der Waals surface area contributed by atoms with Crippen LogP contribution in [0.15, 0.2) is 42.5 Å². The molecule has 2 saturated heterocycles. The van der Waals surface area contributed by atoms with E-state index >= 15 is 0 Å². The molecule has 2 heterocycles. The number of benzene rings is 2. The van der Waals surface area contributed by atoms with Gasteiger partial charge in [0.25, 0.3) is 0 Å². The van der Waals surface area contributed by atoms with Gasteiger partial charge in [-0.3, -0.25) is 4.79 Å². The van der Waals surface area contributed by atoms with Gasteiger partial charge in [-0.1, -0.05) is 0 Å². The Labute approximate surface area is 205 Å². The Kier molecular flexibility index (Phi) is 8.85. The Morgan fingerprint density at radius 3 is 2.35 bits per heavy atom. The fraction of sp³-hybridized carbons (Fsp3) is 0.480. The molecule has 0 unspecified atom stereocenters. The zero-order chi connectivity index (χ0) is 23.4. The number of nitrogens with zero attached hydrogens (tertiary/aromatic N) is 2. The zero-order valence-electron chi connectivity index (χ0n) is 19.5. The van der Waals surface area contributed by atoms with E-state index in [1.54, 1.807) is 26.4 Å². The van der Waals surface area contributed by atoms with Gasteiger partial charge in [0.1, 0.15) is 23.4 Å². The van der Waals surface area contributed by atoms with Crippen molar-refractivity contribution in [1.29, 1.82) is 0 Å². The first-order valence-electron chi connectivity index (χ1n) is 11.3. The molecule has 7 nitrogen and oxygen atoms in total. The Balaban J connectivity index is 0.00000324. The average molecular weight is 495 g/mol. The number of aliphatic carboxylic acids is 1. The van der Waals surface area contributed by atoms with Gasteiger partial charge in [-0.25, -0.2) is 4.39 Å². The lowest BCUT2D eigenvalue weighted by atomic mass is 10.1. The molecule has 0 spiro atoms. The quantitative estimate of drug-likeness (QED) is 0.584. The number of carboxylic acid groups (broad SMARTS) is 1. The smallest absolute Gasteiger partial charge is 0.305 e. The maximum atomic E-state index is 14.3. The van der Waals surface area contributed by atoms with Gasteiger partial charge in [0.05, 0.1) is 25.3 Å². The molecule has 0 saturated carbocycles. The van der Waals surface area contributed by atoms with Gasteiger partial charge < -0.3 is 29.1 Å². The molecule has 0 amide bonds. The van der Waals surface area contributed by atoms with E-state index in [1.165, 1.54) is 6.07 Å². The van der Waals surface area contributed by atoms with Crippen molar-refractivity contribution in [2.75, 3.05) is 43.7 Å². The van der Waals surface area contributed by atoms with Crippen LogP contribution in [0.4, 0.5) is 15.8 Å². The maximum absolute atomic E-state index is 14.3. The van der Waals surface area contributed by atoms with E-state index in [9.17, 15) is 14.3 Å². The van der Waals surface area contributed by atoms with Gasteiger partial charge >= 0.3 is 5.97 Å². The average Bonchev–Trinajstić information content (AvgIpc) is 3.23. The van der Waals surface area contributed by atoms with E-state index in [1.807, 2.05) is 29.2 Å². The molecular weight excluding hydrogens is 463 g/mol. The summed E-state index contributed by atoms with van der Waals surface area (Å²) >= 11 is 0. The number of carboxylic acids is 1. The number of methoxy groups -OCH3 is 2. The molecule has 4 rings (SSSR count). The molecule has 0 aliphatic carbocycles. The van der Waals surface area contributed by atoms with Crippen molar-refractivity contribution >= 4 is 29.8 Å². The van der Waals surface area contributed by atoms with E-state index in [4.69, 9.17) is 14.2 Å². The molecule has 9 heteroatoms. The van der Waals surface area contributed by atoms with Crippen molar-refractivity contribution < 1.29 is 28.5 Å². The van der Waals surface area contributed by atoms with Crippen LogP contribution < -0.4 is 19.3 Å². The second-order valence-corrected chi connectivity index (χ2v) is 8.61. The largest absolute Gasteiger partial charge is 0.497 e. The lowest BCUT2D eigenvalue weighted by Crippen LogP contribution is -2.38. The summed E-state index contributed by atoms with van der Waals surface area (Å²) in [6.45, 7) is 2.08. The van der Waals surface area contributed by atoms with E-state index < -0.39 is 5.97 Å². The number of ether oxygens (including phenoxy) is 3. The summed E-state index contributed by atoms with van der Waals surface area (Å²) in [7, 11) is 3.24. The minimum absolute atomic E-state index is 0. The zero-order valence-corrected chi connectivity index (χ0v) is 20.3. The van der Waals surface area contributed by atoms with Crippen molar-refractivity contribution in [2.45, 2.75) is 43.9 Å². The van der Waals surface area contributed by atoms with E-state index in [0.717, 1.165) is 24.3 Å². The molecule has 2 aliphatic rings. The first-order chi connectivity index (χ1) is 16.0. The summed E-state index contributed by atoms with van der Waals surface area (Å²) in [4.78, 5) is 15.4. The summed E-state index contributed by atoms with van der Waals surface area (Å²) in [5.41, 5.74) is 1.53. The third-order valence-electron chi connectivity index (χ3n) is 6.53. The summed E-state index contributed by atoms with van der Waals surface area (Å²) in [5.74, 6) is 0.374. The molecular formula is C25H32ClFN2O5. The summed E-state index contributed by atoms with van der Waals surface area (Å²) in [6.07, 6.45) is 2.47. The van der Waals surface area contributed by atoms with E-state index in [0.29, 0.717) is 37.5 Å². The number of anilines is 2. The van der Waals surface area contributed by atoms with Crippen molar-refractivity contribution in [3.8, 4) is 11.5 Å². The predicted octanol–water partition coefficient (Wildman–Crippen LogP) is 4.37. The highest BCUT2D eigenvalue weighted by Gasteiger charge is 2.33. The minimum Gasteiger partial charge on any atom is -0.497 e. The molecule has 2 aliphatic heterocycles. The van der Waals surface area contributed by atoms with Crippen molar-refractivity contribution in [3.63, 3.8) is 0 Å². The van der Waals surface area contributed by atoms with Crippen molar-refractivity contribution in [1.82, 2.24) is 0 Å². The Morgan fingerprint density at radius 2 is 1.74 bits per heavy atom. The molecule has 0 radical (unpaired) electrons. The first kappa shape index (κ1) is 25.9. The third kappa shape index (κ3) is 6.04. The lowest BCUT2D eigenvalue weighted by Gasteiger charge is -2.34. The Morgan fingerprint density at radius 1 is 1.06 bits per heavy atom. The molecule has 2 fully saturated rings. The third-order valence-corrected chi connectivity index (χ3v) is 6.53. The molecule has 0 aromatic heterocycles. The molecule has 186 valence electrons. The van der Waals surface area contributed by atoms with E-state index in [-0.39, 0.29) is 42.9 Å².